The van der Waals surface area contributed by atoms with Crippen LogP contribution < -0.4 is 10.6 Å². The van der Waals surface area contributed by atoms with Crippen molar-refractivity contribution in [2.45, 2.75) is 18.8 Å². The summed E-state index contributed by atoms with van der Waals surface area (Å²) >= 11 is 1.22. The third kappa shape index (κ3) is 4.65. The van der Waals surface area contributed by atoms with E-state index in [0.29, 0.717) is 23.8 Å². The molecule has 0 bridgehead atoms. The molecule has 3 N–H and O–H groups in total. The molecule has 0 unspecified atom stereocenters. The van der Waals surface area contributed by atoms with Crippen LogP contribution in [0.15, 0.2) is 53.9 Å². The highest BCUT2D eigenvalue weighted by molar-refractivity contribution is 7.13. The number of fused-ring (bicyclic) bond motifs is 3. The van der Waals surface area contributed by atoms with Crippen molar-refractivity contribution in [3.63, 3.8) is 0 Å². The minimum Gasteiger partial charge on any atom is -0.481 e. The summed E-state index contributed by atoms with van der Waals surface area (Å²) in [4.78, 5) is 39.6. The molecule has 2 aliphatic carbocycles. The topological polar surface area (TPSA) is 118 Å². The summed E-state index contributed by atoms with van der Waals surface area (Å²) < 4.78 is 5.52. The second-order valence-corrected chi connectivity index (χ2v) is 9.37. The Bertz CT molecular complexity index is 1210. The molecule has 0 radical (unpaired) electrons. The van der Waals surface area contributed by atoms with E-state index >= 15 is 0 Å². The Labute approximate surface area is 200 Å². The summed E-state index contributed by atoms with van der Waals surface area (Å²) in [5, 5.41) is 16.4. The highest BCUT2D eigenvalue weighted by atomic mass is 32.1. The molecule has 2 amide bonds. The number of thiazole rings is 1. The van der Waals surface area contributed by atoms with E-state index in [1.165, 1.54) is 11.3 Å². The average Bonchev–Trinajstić information content (AvgIpc) is 3.39. The molecule has 0 spiro atoms. The van der Waals surface area contributed by atoms with E-state index in [4.69, 9.17) is 9.84 Å². The summed E-state index contributed by atoms with van der Waals surface area (Å²) in [5.41, 5.74) is 5.13. The maximum absolute atomic E-state index is 12.4. The van der Waals surface area contributed by atoms with Crippen molar-refractivity contribution in [2.75, 3.05) is 18.5 Å². The van der Waals surface area contributed by atoms with Crippen molar-refractivity contribution < 1.29 is 24.2 Å². The van der Waals surface area contributed by atoms with Crippen LogP contribution in [0.2, 0.25) is 0 Å². The summed E-state index contributed by atoms with van der Waals surface area (Å²) in [5.74, 6) is -1.42. The number of carbonyl (C=O) groups is 3. The van der Waals surface area contributed by atoms with Crippen LogP contribution in [0.1, 0.15) is 29.2 Å². The minimum absolute atomic E-state index is 0.00248. The average molecular weight is 478 g/mol. The van der Waals surface area contributed by atoms with Crippen molar-refractivity contribution in [1.82, 2.24) is 10.3 Å². The lowest BCUT2D eigenvalue weighted by molar-refractivity contribution is -0.139. The highest BCUT2D eigenvalue weighted by Crippen LogP contribution is 2.44. The molecule has 3 aromatic rings. The van der Waals surface area contributed by atoms with E-state index in [9.17, 15) is 14.4 Å². The number of amides is 2. The van der Waals surface area contributed by atoms with Gasteiger partial charge in [0.2, 0.25) is 5.91 Å². The van der Waals surface area contributed by atoms with Gasteiger partial charge in [-0.3, -0.25) is 14.9 Å². The smallest absolute Gasteiger partial charge is 0.413 e. The van der Waals surface area contributed by atoms with Gasteiger partial charge in [0.1, 0.15) is 6.61 Å². The standard InChI is InChI=1S/C25H23N3O5S/c29-22(26-11-14-9-20(14)23(30)31)10-15-13-34-24(27-15)28-25(32)33-12-21-18-7-3-1-5-16(18)17-6-2-4-8-19(17)21/h1-8,13-14,20-21H,9-12H2,(H,26,29)(H,30,31)(H,27,28,32)/t14-,20-/m1/s1. The number of nitrogens with zero attached hydrogens (tertiary/aromatic N) is 1. The Hall–Kier alpha value is -3.72. The zero-order chi connectivity index (χ0) is 23.7. The molecule has 2 atom stereocenters. The van der Waals surface area contributed by atoms with Crippen molar-refractivity contribution >= 4 is 34.4 Å². The lowest BCUT2D eigenvalue weighted by Gasteiger charge is -2.14. The molecule has 1 saturated carbocycles. The maximum Gasteiger partial charge on any atom is 0.413 e. The molecular weight excluding hydrogens is 454 g/mol. The Morgan fingerprint density at radius 1 is 1.06 bits per heavy atom. The van der Waals surface area contributed by atoms with Crippen LogP contribution >= 0.6 is 11.3 Å². The van der Waals surface area contributed by atoms with Crippen molar-refractivity contribution in [3.05, 3.63) is 70.7 Å². The van der Waals surface area contributed by atoms with Gasteiger partial charge in [-0.1, -0.05) is 48.5 Å². The normalized spacial score (nSPS) is 18.0. The molecule has 0 aliphatic heterocycles. The lowest BCUT2D eigenvalue weighted by Crippen LogP contribution is -2.28. The van der Waals surface area contributed by atoms with Crippen LogP contribution in [0.3, 0.4) is 0 Å². The van der Waals surface area contributed by atoms with Gasteiger partial charge in [-0.2, -0.15) is 0 Å². The lowest BCUT2D eigenvalue weighted by atomic mass is 9.98. The van der Waals surface area contributed by atoms with Gasteiger partial charge in [0.25, 0.3) is 0 Å². The molecular formula is C25H23N3O5S. The van der Waals surface area contributed by atoms with Crippen LogP contribution in [0.5, 0.6) is 0 Å². The number of carbonyl (C=O) groups excluding carboxylic acids is 2. The molecule has 1 fully saturated rings. The van der Waals surface area contributed by atoms with Crippen LogP contribution in [0.4, 0.5) is 9.93 Å². The predicted octanol–water partition coefficient (Wildman–Crippen LogP) is 3.88. The van der Waals surface area contributed by atoms with Gasteiger partial charge in [0, 0.05) is 17.8 Å². The first-order valence-electron chi connectivity index (χ1n) is 11.1. The minimum atomic E-state index is -0.817. The third-order valence-corrected chi connectivity index (χ3v) is 7.05. The second kappa shape index (κ2) is 9.26. The molecule has 1 heterocycles. The zero-order valence-electron chi connectivity index (χ0n) is 18.2. The molecule has 34 heavy (non-hydrogen) atoms. The molecule has 9 heteroatoms. The fourth-order valence-electron chi connectivity index (χ4n) is 4.41. The number of ether oxygens (including phenoxy) is 1. The predicted molar refractivity (Wildman–Crippen MR) is 127 cm³/mol. The second-order valence-electron chi connectivity index (χ2n) is 8.52. The van der Waals surface area contributed by atoms with Gasteiger partial charge in [-0.05, 0) is 34.6 Å². The van der Waals surface area contributed by atoms with Crippen molar-refractivity contribution in [3.8, 4) is 11.1 Å². The zero-order valence-corrected chi connectivity index (χ0v) is 19.0. The first kappa shape index (κ1) is 22.1. The number of benzene rings is 2. The number of hydrogen-bond acceptors (Lipinski definition) is 6. The van der Waals surface area contributed by atoms with Gasteiger partial charge in [-0.15, -0.1) is 11.3 Å². The third-order valence-electron chi connectivity index (χ3n) is 6.25. The molecule has 8 nitrogen and oxygen atoms in total. The van der Waals surface area contributed by atoms with E-state index in [1.807, 2.05) is 24.3 Å². The van der Waals surface area contributed by atoms with Crippen molar-refractivity contribution in [1.29, 1.82) is 0 Å². The molecule has 1 aromatic heterocycles. The quantitative estimate of drug-likeness (QED) is 0.453. The Morgan fingerprint density at radius 3 is 2.38 bits per heavy atom. The van der Waals surface area contributed by atoms with Crippen molar-refractivity contribution in [2.24, 2.45) is 11.8 Å². The van der Waals surface area contributed by atoms with E-state index in [2.05, 4.69) is 39.9 Å². The van der Waals surface area contributed by atoms with Crippen LogP contribution in [-0.2, 0) is 20.7 Å². The number of hydrogen-bond donors (Lipinski definition) is 3. The van der Waals surface area contributed by atoms with Crippen LogP contribution in [0, 0.1) is 11.8 Å². The first-order valence-corrected chi connectivity index (χ1v) is 11.9. The van der Waals surface area contributed by atoms with E-state index < -0.39 is 12.1 Å². The van der Waals surface area contributed by atoms with Crippen LogP contribution in [-0.4, -0.2) is 41.2 Å². The summed E-state index contributed by atoms with van der Waals surface area (Å²) in [7, 11) is 0. The molecule has 2 aromatic carbocycles. The Morgan fingerprint density at radius 2 is 1.74 bits per heavy atom. The van der Waals surface area contributed by atoms with E-state index in [-0.39, 0.29) is 36.7 Å². The fraction of sp³-hybridized carbons (Fsp3) is 0.280. The maximum atomic E-state index is 12.4. The number of anilines is 1. The molecule has 174 valence electrons. The van der Waals surface area contributed by atoms with Gasteiger partial charge in [-0.25, -0.2) is 9.78 Å². The number of aliphatic carboxylic acids is 1. The SMILES string of the molecule is O=C(Cc1csc(NC(=O)OCC2c3ccccc3-c3ccccc32)n1)NC[C@H]1C[C@H]1C(=O)O. The number of aromatic nitrogens is 1. The van der Waals surface area contributed by atoms with Gasteiger partial charge in [0.15, 0.2) is 5.13 Å². The largest absolute Gasteiger partial charge is 0.481 e. The summed E-state index contributed by atoms with van der Waals surface area (Å²) in [6.07, 6.45) is 0.0640. The van der Waals surface area contributed by atoms with Gasteiger partial charge < -0.3 is 15.2 Å². The molecule has 5 rings (SSSR count). The number of rotatable bonds is 8. The number of carboxylic acids is 1. The van der Waals surface area contributed by atoms with E-state index in [1.54, 1.807) is 5.38 Å². The Balaban J connectivity index is 1.12. The first-order chi connectivity index (χ1) is 16.5. The summed E-state index contributed by atoms with van der Waals surface area (Å²) in [6, 6.07) is 16.3. The molecule has 2 aliphatic rings. The Kier molecular flexibility index (Phi) is 6.02. The monoisotopic (exact) mass is 477 g/mol. The van der Waals surface area contributed by atoms with Crippen LogP contribution in [0.25, 0.3) is 11.1 Å². The molecule has 0 saturated heterocycles. The summed E-state index contributed by atoms with van der Waals surface area (Å²) in [6.45, 7) is 0.559. The number of carboxylic acid groups (broad SMARTS) is 1. The van der Waals surface area contributed by atoms with E-state index in [0.717, 1.165) is 22.3 Å². The fourth-order valence-corrected chi connectivity index (χ4v) is 5.11. The number of nitrogens with one attached hydrogen (secondary N) is 2. The highest BCUT2D eigenvalue weighted by Gasteiger charge is 2.43. The van der Waals surface area contributed by atoms with Gasteiger partial charge >= 0.3 is 12.1 Å². The van der Waals surface area contributed by atoms with Gasteiger partial charge in [0.05, 0.1) is 18.0 Å².